The van der Waals surface area contributed by atoms with Crippen molar-refractivity contribution < 1.29 is 19.1 Å². The Hall–Kier alpha value is -2.82. The van der Waals surface area contributed by atoms with Crippen LogP contribution in [0.15, 0.2) is 48.5 Å². The minimum absolute atomic E-state index is 0.0222. The third-order valence-corrected chi connectivity index (χ3v) is 4.60. The number of nitrogens with zero attached hydrogens (tertiary/aromatic N) is 1. The first-order chi connectivity index (χ1) is 12.6. The molecular formula is C21H23NO4. The lowest BCUT2D eigenvalue weighted by molar-refractivity contribution is -0.141. The molecule has 1 heterocycles. The molecular weight excluding hydrogens is 330 g/mol. The third kappa shape index (κ3) is 3.87. The lowest BCUT2D eigenvalue weighted by Gasteiger charge is -2.18. The monoisotopic (exact) mass is 353 g/mol. The standard InChI is InChI=1S/C21H23NO4/c1-3-26-17-10-8-15(9-11-17)12-20(23)22-14-16(13-21(24)25-2)18-6-4-5-7-19(18)22/h4-11,16H,3,12-14H2,1-2H3. The molecule has 0 spiro atoms. The summed E-state index contributed by atoms with van der Waals surface area (Å²) in [6.45, 7) is 3.06. The molecule has 26 heavy (non-hydrogen) atoms. The Morgan fingerprint density at radius 3 is 2.54 bits per heavy atom. The average molecular weight is 353 g/mol. The molecule has 0 bridgehead atoms. The van der Waals surface area contributed by atoms with E-state index in [0.717, 1.165) is 22.6 Å². The largest absolute Gasteiger partial charge is 0.494 e. The molecule has 1 aliphatic rings. The number of fused-ring (bicyclic) bond motifs is 1. The van der Waals surface area contributed by atoms with Crippen LogP contribution < -0.4 is 9.64 Å². The Morgan fingerprint density at radius 1 is 1.12 bits per heavy atom. The number of carbonyl (C=O) groups is 2. The second-order valence-electron chi connectivity index (χ2n) is 6.29. The summed E-state index contributed by atoms with van der Waals surface area (Å²) in [6.07, 6.45) is 0.589. The second-order valence-corrected chi connectivity index (χ2v) is 6.29. The van der Waals surface area contributed by atoms with Crippen LogP contribution in [-0.4, -0.2) is 32.1 Å². The molecule has 0 radical (unpaired) electrons. The van der Waals surface area contributed by atoms with Crippen LogP contribution in [0.4, 0.5) is 5.69 Å². The predicted octanol–water partition coefficient (Wildman–Crippen LogP) is 3.32. The van der Waals surface area contributed by atoms with Gasteiger partial charge in [-0.1, -0.05) is 30.3 Å². The number of hydrogen-bond donors (Lipinski definition) is 0. The van der Waals surface area contributed by atoms with Gasteiger partial charge in [0, 0.05) is 18.2 Å². The SMILES string of the molecule is CCOc1ccc(CC(=O)N2CC(CC(=O)OC)c3ccccc32)cc1. The van der Waals surface area contributed by atoms with Crippen molar-refractivity contribution in [3.8, 4) is 5.75 Å². The van der Waals surface area contributed by atoms with Gasteiger partial charge in [0.05, 0.1) is 26.6 Å². The van der Waals surface area contributed by atoms with Crippen molar-refractivity contribution in [1.82, 2.24) is 0 Å². The summed E-state index contributed by atoms with van der Waals surface area (Å²) < 4.78 is 10.2. The van der Waals surface area contributed by atoms with Crippen LogP contribution >= 0.6 is 0 Å². The van der Waals surface area contributed by atoms with Gasteiger partial charge in [-0.3, -0.25) is 9.59 Å². The number of hydrogen-bond acceptors (Lipinski definition) is 4. The van der Waals surface area contributed by atoms with Gasteiger partial charge in [0.15, 0.2) is 0 Å². The van der Waals surface area contributed by atoms with Crippen molar-refractivity contribution in [1.29, 1.82) is 0 Å². The Kier molecular flexibility index (Phi) is 5.56. The molecule has 1 unspecified atom stereocenters. The molecule has 2 aromatic carbocycles. The summed E-state index contributed by atoms with van der Waals surface area (Å²) in [5.74, 6) is 0.538. The Labute approximate surface area is 153 Å². The van der Waals surface area contributed by atoms with Gasteiger partial charge in [-0.25, -0.2) is 0 Å². The molecule has 3 rings (SSSR count). The molecule has 0 saturated carbocycles. The van der Waals surface area contributed by atoms with Gasteiger partial charge in [0.2, 0.25) is 5.91 Å². The average Bonchev–Trinajstić information content (AvgIpc) is 3.02. The zero-order chi connectivity index (χ0) is 18.5. The van der Waals surface area contributed by atoms with Gasteiger partial charge in [-0.15, -0.1) is 0 Å². The number of rotatable bonds is 6. The first-order valence-electron chi connectivity index (χ1n) is 8.80. The zero-order valence-electron chi connectivity index (χ0n) is 15.1. The van der Waals surface area contributed by atoms with E-state index in [9.17, 15) is 9.59 Å². The van der Waals surface area contributed by atoms with E-state index in [-0.39, 0.29) is 24.2 Å². The molecule has 1 aliphatic heterocycles. The number of esters is 1. The highest BCUT2D eigenvalue weighted by molar-refractivity contribution is 5.97. The summed E-state index contributed by atoms with van der Waals surface area (Å²) in [4.78, 5) is 26.3. The zero-order valence-corrected chi connectivity index (χ0v) is 15.1. The van der Waals surface area contributed by atoms with Gasteiger partial charge in [-0.05, 0) is 36.2 Å². The van der Waals surface area contributed by atoms with Gasteiger partial charge in [0.1, 0.15) is 5.75 Å². The van der Waals surface area contributed by atoms with Crippen LogP contribution in [0.2, 0.25) is 0 Å². The minimum atomic E-state index is -0.259. The quantitative estimate of drug-likeness (QED) is 0.748. The summed E-state index contributed by atoms with van der Waals surface area (Å²) in [5.41, 5.74) is 2.85. The van der Waals surface area contributed by atoms with Crippen LogP contribution in [0.3, 0.4) is 0 Å². The fourth-order valence-electron chi connectivity index (χ4n) is 3.33. The molecule has 0 aliphatic carbocycles. The highest BCUT2D eigenvalue weighted by atomic mass is 16.5. The van der Waals surface area contributed by atoms with E-state index < -0.39 is 0 Å². The lowest BCUT2D eigenvalue weighted by atomic mass is 9.98. The number of ether oxygens (including phenoxy) is 2. The van der Waals surface area contributed by atoms with Crippen molar-refractivity contribution in [2.24, 2.45) is 0 Å². The number of amides is 1. The maximum atomic E-state index is 12.9. The predicted molar refractivity (Wildman–Crippen MR) is 99.5 cm³/mol. The Morgan fingerprint density at radius 2 is 1.85 bits per heavy atom. The summed E-state index contributed by atoms with van der Waals surface area (Å²) in [6, 6.07) is 15.3. The fraction of sp³-hybridized carbons (Fsp3) is 0.333. The first kappa shape index (κ1) is 18.0. The van der Waals surface area contributed by atoms with Crippen molar-refractivity contribution in [2.45, 2.75) is 25.7 Å². The van der Waals surface area contributed by atoms with E-state index in [2.05, 4.69) is 0 Å². The van der Waals surface area contributed by atoms with E-state index >= 15 is 0 Å². The van der Waals surface area contributed by atoms with Gasteiger partial charge < -0.3 is 14.4 Å². The number of anilines is 1. The summed E-state index contributed by atoms with van der Waals surface area (Å²) >= 11 is 0. The van der Waals surface area contributed by atoms with E-state index in [1.54, 1.807) is 4.90 Å². The van der Waals surface area contributed by atoms with E-state index in [1.165, 1.54) is 7.11 Å². The number of methoxy groups -OCH3 is 1. The number of carbonyl (C=O) groups excluding carboxylic acids is 2. The van der Waals surface area contributed by atoms with E-state index in [0.29, 0.717) is 19.6 Å². The molecule has 0 fully saturated rings. The van der Waals surface area contributed by atoms with Crippen LogP contribution in [0, 0.1) is 0 Å². The lowest BCUT2D eigenvalue weighted by Crippen LogP contribution is -2.31. The maximum Gasteiger partial charge on any atom is 0.306 e. The smallest absolute Gasteiger partial charge is 0.306 e. The molecule has 2 aromatic rings. The van der Waals surface area contributed by atoms with Crippen LogP contribution in [0.25, 0.3) is 0 Å². The van der Waals surface area contributed by atoms with Crippen molar-refractivity contribution in [2.75, 3.05) is 25.2 Å². The van der Waals surface area contributed by atoms with Crippen molar-refractivity contribution in [3.63, 3.8) is 0 Å². The van der Waals surface area contributed by atoms with Gasteiger partial charge in [0.25, 0.3) is 0 Å². The Balaban J connectivity index is 1.74. The molecule has 5 heteroatoms. The van der Waals surface area contributed by atoms with Crippen molar-refractivity contribution in [3.05, 3.63) is 59.7 Å². The third-order valence-electron chi connectivity index (χ3n) is 4.60. The van der Waals surface area contributed by atoms with E-state index in [4.69, 9.17) is 9.47 Å². The molecule has 1 amide bonds. The Bertz CT molecular complexity index is 785. The summed E-state index contributed by atoms with van der Waals surface area (Å²) in [5, 5.41) is 0. The van der Waals surface area contributed by atoms with Crippen molar-refractivity contribution >= 4 is 17.6 Å². The van der Waals surface area contributed by atoms with Crippen LogP contribution in [0.1, 0.15) is 30.4 Å². The number of para-hydroxylation sites is 1. The highest BCUT2D eigenvalue weighted by Crippen LogP contribution is 2.38. The fourth-order valence-corrected chi connectivity index (χ4v) is 3.33. The molecule has 0 saturated heterocycles. The minimum Gasteiger partial charge on any atom is -0.494 e. The first-order valence-corrected chi connectivity index (χ1v) is 8.80. The molecule has 1 atom stereocenters. The van der Waals surface area contributed by atoms with Crippen LogP contribution in [0.5, 0.6) is 5.75 Å². The van der Waals surface area contributed by atoms with E-state index in [1.807, 2.05) is 55.5 Å². The highest BCUT2D eigenvalue weighted by Gasteiger charge is 2.33. The topological polar surface area (TPSA) is 55.8 Å². The molecule has 0 N–H and O–H groups in total. The molecule has 0 aromatic heterocycles. The summed E-state index contributed by atoms with van der Waals surface area (Å²) in [7, 11) is 1.39. The number of benzene rings is 2. The van der Waals surface area contributed by atoms with Crippen LogP contribution in [-0.2, 0) is 20.7 Å². The van der Waals surface area contributed by atoms with Gasteiger partial charge >= 0.3 is 5.97 Å². The molecule has 136 valence electrons. The molecule has 5 nitrogen and oxygen atoms in total. The second kappa shape index (κ2) is 8.04. The maximum absolute atomic E-state index is 12.9. The normalized spacial score (nSPS) is 15.5. The van der Waals surface area contributed by atoms with Gasteiger partial charge in [-0.2, -0.15) is 0 Å².